The van der Waals surface area contributed by atoms with E-state index in [1.54, 1.807) is 39.0 Å². The van der Waals surface area contributed by atoms with Gasteiger partial charge < -0.3 is 20.5 Å². The molecule has 0 spiro atoms. The van der Waals surface area contributed by atoms with Gasteiger partial charge in [-0.15, -0.1) is 0 Å². The Kier molecular flexibility index (Phi) is 7.42. The molecule has 0 fully saturated rings. The van der Waals surface area contributed by atoms with Crippen molar-refractivity contribution in [2.45, 2.75) is 51.7 Å². The zero-order chi connectivity index (χ0) is 19.0. The van der Waals surface area contributed by atoms with Crippen LogP contribution in [-0.2, 0) is 20.7 Å². The summed E-state index contributed by atoms with van der Waals surface area (Å²) in [5.41, 5.74) is 6.09. The van der Waals surface area contributed by atoms with Gasteiger partial charge in [-0.3, -0.25) is 4.79 Å². The largest absolute Gasteiger partial charge is 0.465 e. The number of esters is 1. The number of hydrogen-bond donors (Lipinski definition) is 2. The van der Waals surface area contributed by atoms with Crippen LogP contribution in [0.25, 0.3) is 0 Å². The standard InChI is InChI=1S/C18H26N2O5/c1-18(2,3)25-17(23)20-14(15(19)21)10-6-8-12-7-5-9-13(11-12)16(22)24-4/h5,7,9,11,14H,6,8,10H2,1-4H3,(H2,19,21)(H,20,23). The highest BCUT2D eigenvalue weighted by atomic mass is 16.6. The SMILES string of the molecule is COC(=O)c1cccc(CCCC(NC(=O)OC(C)(C)C)C(N)=O)c1. The fourth-order valence-corrected chi connectivity index (χ4v) is 2.22. The molecule has 138 valence electrons. The smallest absolute Gasteiger partial charge is 0.408 e. The maximum absolute atomic E-state index is 11.8. The molecule has 25 heavy (non-hydrogen) atoms. The zero-order valence-electron chi connectivity index (χ0n) is 15.1. The molecule has 0 heterocycles. The Morgan fingerprint density at radius 1 is 1.24 bits per heavy atom. The monoisotopic (exact) mass is 350 g/mol. The molecule has 0 bridgehead atoms. The van der Waals surface area contributed by atoms with E-state index in [4.69, 9.17) is 10.5 Å². The first-order valence-electron chi connectivity index (χ1n) is 8.08. The molecule has 0 aliphatic heterocycles. The van der Waals surface area contributed by atoms with Crippen LogP contribution in [-0.4, -0.2) is 36.7 Å². The zero-order valence-corrected chi connectivity index (χ0v) is 15.1. The van der Waals surface area contributed by atoms with E-state index in [9.17, 15) is 14.4 Å². The minimum absolute atomic E-state index is 0.372. The number of nitrogens with one attached hydrogen (secondary N) is 1. The fraction of sp³-hybridized carbons (Fsp3) is 0.500. The van der Waals surface area contributed by atoms with Crippen molar-refractivity contribution in [1.82, 2.24) is 5.32 Å². The van der Waals surface area contributed by atoms with Gasteiger partial charge in [0.25, 0.3) is 0 Å². The lowest BCUT2D eigenvalue weighted by Crippen LogP contribution is -2.46. The first-order chi connectivity index (χ1) is 11.6. The van der Waals surface area contributed by atoms with Crippen molar-refractivity contribution in [3.05, 3.63) is 35.4 Å². The van der Waals surface area contributed by atoms with Gasteiger partial charge in [0, 0.05) is 0 Å². The number of rotatable bonds is 7. The van der Waals surface area contributed by atoms with Crippen molar-refractivity contribution in [2.24, 2.45) is 5.73 Å². The first kappa shape index (κ1) is 20.5. The lowest BCUT2D eigenvalue weighted by atomic mass is 10.0. The van der Waals surface area contributed by atoms with E-state index in [0.717, 1.165) is 5.56 Å². The van der Waals surface area contributed by atoms with Crippen molar-refractivity contribution in [3.8, 4) is 0 Å². The molecular weight excluding hydrogens is 324 g/mol. The Morgan fingerprint density at radius 2 is 1.92 bits per heavy atom. The molecule has 1 unspecified atom stereocenters. The van der Waals surface area contributed by atoms with E-state index in [0.29, 0.717) is 24.8 Å². The number of aryl methyl sites for hydroxylation is 1. The third-order valence-electron chi connectivity index (χ3n) is 3.34. The van der Waals surface area contributed by atoms with Gasteiger partial charge in [-0.25, -0.2) is 9.59 Å². The average Bonchev–Trinajstić information content (AvgIpc) is 2.51. The second kappa shape index (κ2) is 9.05. The molecule has 0 radical (unpaired) electrons. The summed E-state index contributed by atoms with van der Waals surface area (Å²) < 4.78 is 9.82. The summed E-state index contributed by atoms with van der Waals surface area (Å²) >= 11 is 0. The van der Waals surface area contributed by atoms with E-state index in [1.165, 1.54) is 7.11 Å². The minimum Gasteiger partial charge on any atom is -0.465 e. The number of hydrogen-bond acceptors (Lipinski definition) is 5. The summed E-state index contributed by atoms with van der Waals surface area (Å²) in [5.74, 6) is -1.02. The summed E-state index contributed by atoms with van der Waals surface area (Å²) in [6, 6.07) is 6.26. The van der Waals surface area contributed by atoms with Crippen LogP contribution in [0, 0.1) is 0 Å². The molecule has 0 aliphatic rings. The van der Waals surface area contributed by atoms with Crippen molar-refractivity contribution in [2.75, 3.05) is 7.11 Å². The van der Waals surface area contributed by atoms with Crippen molar-refractivity contribution in [1.29, 1.82) is 0 Å². The molecule has 1 atom stereocenters. The topological polar surface area (TPSA) is 108 Å². The van der Waals surface area contributed by atoms with Gasteiger partial charge >= 0.3 is 12.1 Å². The van der Waals surface area contributed by atoms with Crippen molar-refractivity contribution in [3.63, 3.8) is 0 Å². The van der Waals surface area contributed by atoms with Crippen molar-refractivity contribution < 1.29 is 23.9 Å². The van der Waals surface area contributed by atoms with Crippen LogP contribution in [0.3, 0.4) is 0 Å². The Labute approximate surface area is 147 Å². The van der Waals surface area contributed by atoms with Crippen LogP contribution < -0.4 is 11.1 Å². The Bertz CT molecular complexity index is 622. The van der Waals surface area contributed by atoms with Gasteiger partial charge in [-0.05, 0) is 57.7 Å². The second-order valence-electron chi connectivity index (χ2n) is 6.69. The van der Waals surface area contributed by atoms with Crippen LogP contribution in [0.5, 0.6) is 0 Å². The normalized spacial score (nSPS) is 12.2. The molecule has 1 rings (SSSR count). The summed E-state index contributed by atoms with van der Waals surface area (Å²) in [5, 5.41) is 2.49. The fourth-order valence-electron chi connectivity index (χ4n) is 2.22. The van der Waals surface area contributed by atoms with Gasteiger partial charge in [0.15, 0.2) is 0 Å². The molecular formula is C18H26N2O5. The van der Waals surface area contributed by atoms with Crippen LogP contribution in [0.15, 0.2) is 24.3 Å². The molecule has 0 saturated carbocycles. The summed E-state index contributed by atoms with van der Waals surface area (Å²) in [6.45, 7) is 5.21. The number of alkyl carbamates (subject to hydrolysis) is 1. The number of ether oxygens (including phenoxy) is 2. The van der Waals surface area contributed by atoms with Crippen molar-refractivity contribution >= 4 is 18.0 Å². The van der Waals surface area contributed by atoms with E-state index in [-0.39, 0.29) is 0 Å². The van der Waals surface area contributed by atoms with E-state index >= 15 is 0 Å². The second-order valence-corrected chi connectivity index (χ2v) is 6.69. The predicted molar refractivity (Wildman–Crippen MR) is 93.1 cm³/mol. The van der Waals surface area contributed by atoms with Gasteiger partial charge in [-0.2, -0.15) is 0 Å². The molecule has 7 heteroatoms. The number of benzene rings is 1. The van der Waals surface area contributed by atoms with E-state index in [1.807, 2.05) is 6.07 Å². The molecule has 1 aromatic rings. The number of nitrogens with two attached hydrogens (primary N) is 1. The third kappa shape index (κ3) is 7.69. The third-order valence-corrected chi connectivity index (χ3v) is 3.34. The van der Waals surface area contributed by atoms with E-state index in [2.05, 4.69) is 10.1 Å². The molecule has 0 saturated heterocycles. The van der Waals surface area contributed by atoms with Gasteiger partial charge in [-0.1, -0.05) is 12.1 Å². The lowest BCUT2D eigenvalue weighted by Gasteiger charge is -2.22. The average molecular weight is 350 g/mol. The predicted octanol–water partition coefficient (Wildman–Crippen LogP) is 2.17. The van der Waals surface area contributed by atoms with Crippen LogP contribution in [0.1, 0.15) is 49.5 Å². The summed E-state index contributed by atoms with van der Waals surface area (Å²) in [7, 11) is 1.33. The van der Waals surface area contributed by atoms with Crippen LogP contribution in [0.4, 0.5) is 4.79 Å². The highest BCUT2D eigenvalue weighted by molar-refractivity contribution is 5.89. The Hall–Kier alpha value is -2.57. The number of primary amides is 1. The van der Waals surface area contributed by atoms with Crippen LogP contribution >= 0.6 is 0 Å². The minimum atomic E-state index is -0.807. The number of amides is 2. The number of carbonyl (C=O) groups excluding carboxylic acids is 3. The molecule has 3 N–H and O–H groups in total. The van der Waals surface area contributed by atoms with Gasteiger partial charge in [0.05, 0.1) is 12.7 Å². The quantitative estimate of drug-likeness (QED) is 0.733. The van der Waals surface area contributed by atoms with E-state index < -0.39 is 29.6 Å². The maximum Gasteiger partial charge on any atom is 0.408 e. The molecule has 0 aromatic heterocycles. The molecule has 1 aromatic carbocycles. The molecule has 2 amide bonds. The van der Waals surface area contributed by atoms with Gasteiger partial charge in [0.1, 0.15) is 11.6 Å². The maximum atomic E-state index is 11.8. The molecule has 7 nitrogen and oxygen atoms in total. The number of methoxy groups -OCH3 is 1. The Balaban J connectivity index is 2.57. The van der Waals surface area contributed by atoms with Gasteiger partial charge in [0.2, 0.25) is 5.91 Å². The lowest BCUT2D eigenvalue weighted by molar-refractivity contribution is -0.120. The molecule has 0 aliphatic carbocycles. The summed E-state index contributed by atoms with van der Waals surface area (Å²) in [6.07, 6.45) is 0.930. The highest BCUT2D eigenvalue weighted by Gasteiger charge is 2.22. The van der Waals surface area contributed by atoms with Crippen LogP contribution in [0.2, 0.25) is 0 Å². The summed E-state index contributed by atoms with van der Waals surface area (Å²) in [4.78, 5) is 34.8. The first-order valence-corrected chi connectivity index (χ1v) is 8.08. The highest BCUT2D eigenvalue weighted by Crippen LogP contribution is 2.12. The Morgan fingerprint density at radius 3 is 2.48 bits per heavy atom. The number of carbonyl (C=O) groups is 3.